The van der Waals surface area contributed by atoms with Crippen LogP contribution in [-0.2, 0) is 14.8 Å². The van der Waals surface area contributed by atoms with Crippen LogP contribution in [0.2, 0.25) is 0 Å². The molecule has 2 bridgehead atoms. The van der Waals surface area contributed by atoms with Gasteiger partial charge in [0.15, 0.2) is 5.78 Å². The van der Waals surface area contributed by atoms with Crippen molar-refractivity contribution in [3.05, 3.63) is 29.8 Å². The Morgan fingerprint density at radius 1 is 1.22 bits per heavy atom. The predicted molar refractivity (Wildman–Crippen MR) is 85.3 cm³/mol. The molecule has 5 nitrogen and oxygen atoms in total. The number of hydrogen-bond donors (Lipinski definition) is 1. The van der Waals surface area contributed by atoms with Crippen LogP contribution in [0.25, 0.3) is 0 Å². The van der Waals surface area contributed by atoms with Crippen molar-refractivity contribution < 1.29 is 18.0 Å². The number of ketones is 1. The number of carbonyl (C=O) groups excluding carboxylic acids is 2. The van der Waals surface area contributed by atoms with Crippen molar-refractivity contribution in [2.75, 3.05) is 0 Å². The number of rotatable bonds is 5. The third-order valence-corrected chi connectivity index (χ3v) is 6.50. The van der Waals surface area contributed by atoms with E-state index in [9.17, 15) is 18.0 Å². The summed E-state index contributed by atoms with van der Waals surface area (Å²) in [5.41, 5.74) is 0.313. The van der Waals surface area contributed by atoms with Gasteiger partial charge >= 0.3 is 0 Å². The van der Waals surface area contributed by atoms with Crippen molar-refractivity contribution >= 4 is 21.7 Å². The zero-order valence-electron chi connectivity index (χ0n) is 13.1. The van der Waals surface area contributed by atoms with Crippen molar-refractivity contribution in [2.45, 2.75) is 43.9 Å². The molecule has 3 rings (SSSR count). The quantitative estimate of drug-likeness (QED) is 0.839. The monoisotopic (exact) mass is 335 g/mol. The standard InChI is InChI=1S/C17H21NO4S/c1-11(19)13-3-2-4-16(9-13)23(21,22)18-17(20)10-15-8-12-5-6-14(15)7-12/h2-4,9,12,14-15H,5-8,10H2,1H3,(H,18,20)/t12-,14-,15-/m0/s1. The zero-order chi connectivity index (χ0) is 16.6. The number of sulfonamides is 1. The summed E-state index contributed by atoms with van der Waals surface area (Å²) in [6, 6.07) is 5.75. The van der Waals surface area contributed by atoms with Gasteiger partial charge in [-0.25, -0.2) is 13.1 Å². The first-order chi connectivity index (χ1) is 10.8. The van der Waals surface area contributed by atoms with Crippen LogP contribution in [0.15, 0.2) is 29.2 Å². The lowest BCUT2D eigenvalue weighted by Crippen LogP contribution is -2.32. The van der Waals surface area contributed by atoms with Gasteiger partial charge in [0.25, 0.3) is 10.0 Å². The van der Waals surface area contributed by atoms with Gasteiger partial charge in [-0.1, -0.05) is 18.6 Å². The molecule has 2 fully saturated rings. The molecule has 1 aromatic rings. The Labute approximate surface area is 136 Å². The van der Waals surface area contributed by atoms with Gasteiger partial charge in [0.2, 0.25) is 5.91 Å². The van der Waals surface area contributed by atoms with E-state index in [0.717, 1.165) is 18.8 Å². The average molecular weight is 335 g/mol. The number of amides is 1. The molecule has 1 amide bonds. The maximum Gasteiger partial charge on any atom is 0.264 e. The minimum absolute atomic E-state index is 0.0495. The molecule has 1 N–H and O–H groups in total. The van der Waals surface area contributed by atoms with Gasteiger partial charge < -0.3 is 0 Å². The van der Waals surface area contributed by atoms with E-state index in [1.165, 1.54) is 38.0 Å². The van der Waals surface area contributed by atoms with Gasteiger partial charge in [-0.15, -0.1) is 0 Å². The molecule has 6 heteroatoms. The molecule has 2 saturated carbocycles. The van der Waals surface area contributed by atoms with Crippen molar-refractivity contribution in [3.63, 3.8) is 0 Å². The van der Waals surface area contributed by atoms with E-state index in [4.69, 9.17) is 0 Å². The molecule has 2 aliphatic carbocycles. The van der Waals surface area contributed by atoms with E-state index in [2.05, 4.69) is 4.72 Å². The molecule has 0 heterocycles. The Kier molecular flexibility index (Phi) is 4.27. The maximum absolute atomic E-state index is 12.3. The Balaban J connectivity index is 1.67. The third kappa shape index (κ3) is 3.47. The van der Waals surface area contributed by atoms with Crippen LogP contribution in [0, 0.1) is 17.8 Å². The van der Waals surface area contributed by atoms with Crippen LogP contribution in [0.5, 0.6) is 0 Å². The highest BCUT2D eigenvalue weighted by Gasteiger charge is 2.40. The summed E-state index contributed by atoms with van der Waals surface area (Å²) >= 11 is 0. The molecular weight excluding hydrogens is 314 g/mol. The van der Waals surface area contributed by atoms with E-state index in [1.807, 2.05) is 0 Å². The second kappa shape index (κ2) is 6.07. The van der Waals surface area contributed by atoms with Gasteiger partial charge in [0.1, 0.15) is 0 Å². The fraction of sp³-hybridized carbons (Fsp3) is 0.529. The largest absolute Gasteiger partial charge is 0.295 e. The van der Waals surface area contributed by atoms with Crippen LogP contribution < -0.4 is 4.72 Å². The summed E-state index contributed by atoms with van der Waals surface area (Å²) in [7, 11) is -3.92. The number of nitrogens with one attached hydrogen (secondary N) is 1. The highest BCUT2D eigenvalue weighted by molar-refractivity contribution is 7.90. The molecule has 0 aliphatic heterocycles. The topological polar surface area (TPSA) is 80.3 Å². The van der Waals surface area contributed by atoms with E-state index < -0.39 is 15.9 Å². The zero-order valence-corrected chi connectivity index (χ0v) is 13.9. The summed E-state index contributed by atoms with van der Waals surface area (Å²) in [4.78, 5) is 23.4. The molecule has 0 radical (unpaired) electrons. The van der Waals surface area contributed by atoms with Crippen molar-refractivity contribution in [3.8, 4) is 0 Å². The molecule has 124 valence electrons. The number of benzene rings is 1. The molecule has 0 spiro atoms. The van der Waals surface area contributed by atoms with Gasteiger partial charge in [-0.05, 0) is 56.1 Å². The fourth-order valence-corrected chi connectivity index (χ4v) is 5.04. The van der Waals surface area contributed by atoms with E-state index in [-0.39, 0.29) is 17.1 Å². The molecule has 0 saturated heterocycles. The van der Waals surface area contributed by atoms with Gasteiger partial charge in [-0.3, -0.25) is 9.59 Å². The lowest BCUT2D eigenvalue weighted by molar-refractivity contribution is -0.120. The van der Waals surface area contributed by atoms with E-state index in [1.54, 1.807) is 6.07 Å². The van der Waals surface area contributed by atoms with Gasteiger partial charge in [0, 0.05) is 12.0 Å². The van der Waals surface area contributed by atoms with Gasteiger partial charge in [-0.2, -0.15) is 0 Å². The first-order valence-corrected chi connectivity index (χ1v) is 9.50. The Morgan fingerprint density at radius 3 is 2.61 bits per heavy atom. The maximum atomic E-state index is 12.3. The van der Waals surface area contributed by atoms with Crippen molar-refractivity contribution in [2.24, 2.45) is 17.8 Å². The minimum atomic E-state index is -3.92. The highest BCUT2D eigenvalue weighted by atomic mass is 32.2. The van der Waals surface area contributed by atoms with E-state index >= 15 is 0 Å². The average Bonchev–Trinajstić information content (AvgIpc) is 3.09. The lowest BCUT2D eigenvalue weighted by atomic mass is 9.86. The lowest BCUT2D eigenvalue weighted by Gasteiger charge is -2.20. The fourth-order valence-electron chi connectivity index (χ4n) is 4.00. The van der Waals surface area contributed by atoms with Crippen molar-refractivity contribution in [1.29, 1.82) is 0 Å². The van der Waals surface area contributed by atoms with Crippen LogP contribution in [0.3, 0.4) is 0 Å². The van der Waals surface area contributed by atoms with Gasteiger partial charge in [0.05, 0.1) is 4.90 Å². The summed E-state index contributed by atoms with van der Waals surface area (Å²) in [5, 5.41) is 0. The number of Topliss-reactive ketones (excluding diaryl/α,β-unsaturated/α-hetero) is 1. The van der Waals surface area contributed by atoms with Crippen LogP contribution in [-0.4, -0.2) is 20.1 Å². The number of hydrogen-bond acceptors (Lipinski definition) is 4. The summed E-state index contributed by atoms with van der Waals surface area (Å²) in [6.45, 7) is 1.37. The summed E-state index contributed by atoms with van der Waals surface area (Å²) < 4.78 is 26.8. The molecular formula is C17H21NO4S. The minimum Gasteiger partial charge on any atom is -0.295 e. The summed E-state index contributed by atoms with van der Waals surface area (Å²) in [5.74, 6) is 0.954. The third-order valence-electron chi connectivity index (χ3n) is 5.13. The van der Waals surface area contributed by atoms with Crippen LogP contribution in [0.4, 0.5) is 0 Å². The molecule has 23 heavy (non-hydrogen) atoms. The smallest absolute Gasteiger partial charge is 0.264 e. The predicted octanol–water partition coefficient (Wildman–Crippen LogP) is 2.52. The van der Waals surface area contributed by atoms with Crippen LogP contribution in [0.1, 0.15) is 49.4 Å². The molecule has 1 aromatic carbocycles. The Morgan fingerprint density at radius 2 is 2.00 bits per heavy atom. The Hall–Kier alpha value is -1.69. The molecule has 3 atom stereocenters. The number of carbonyl (C=O) groups is 2. The molecule has 0 aromatic heterocycles. The number of fused-ring (bicyclic) bond motifs is 2. The Bertz CT molecular complexity index is 741. The SMILES string of the molecule is CC(=O)c1cccc(S(=O)(=O)NC(=O)C[C@@H]2C[C@H]3CC[C@H]2C3)c1. The van der Waals surface area contributed by atoms with Crippen LogP contribution >= 0.6 is 0 Å². The second-order valence-corrected chi connectivity index (χ2v) is 8.43. The van der Waals surface area contributed by atoms with E-state index in [0.29, 0.717) is 17.4 Å². The first-order valence-electron chi connectivity index (χ1n) is 8.02. The first kappa shape index (κ1) is 16.2. The molecule has 2 aliphatic rings. The summed E-state index contributed by atoms with van der Waals surface area (Å²) in [6.07, 6.45) is 4.91. The highest BCUT2D eigenvalue weighted by Crippen LogP contribution is 2.49. The second-order valence-electron chi connectivity index (χ2n) is 6.75. The molecule has 0 unspecified atom stereocenters. The normalized spacial score (nSPS) is 26.2. The van der Waals surface area contributed by atoms with Crippen molar-refractivity contribution in [1.82, 2.24) is 4.72 Å².